The van der Waals surface area contributed by atoms with Gasteiger partial charge in [0.1, 0.15) is 7.85 Å². The molecule has 0 amide bonds. The molecule has 0 bridgehead atoms. The van der Waals surface area contributed by atoms with E-state index < -0.39 is 0 Å². The zero-order valence-corrected chi connectivity index (χ0v) is 19.4. The molecule has 1 spiro atoms. The summed E-state index contributed by atoms with van der Waals surface area (Å²) < 4.78 is 2.10. The van der Waals surface area contributed by atoms with E-state index in [9.17, 15) is 0 Å². The fourth-order valence-corrected chi connectivity index (χ4v) is 6.42. The monoisotopic (exact) mass is 460 g/mol. The minimum atomic E-state index is 0.315. The van der Waals surface area contributed by atoms with Crippen LogP contribution in [0.2, 0.25) is 5.02 Å². The third-order valence-electron chi connectivity index (χ3n) is 7.20. The van der Waals surface area contributed by atoms with E-state index in [1.54, 1.807) is 24.2 Å². The van der Waals surface area contributed by atoms with Gasteiger partial charge in [-0.3, -0.25) is 14.4 Å². The fraction of sp³-hybridized carbons (Fsp3) is 0.304. The van der Waals surface area contributed by atoms with Crippen LogP contribution in [0.3, 0.4) is 0 Å². The van der Waals surface area contributed by atoms with Crippen LogP contribution < -0.4 is 4.90 Å². The largest absolute Gasteiger partial charge is 0.342 e. The van der Waals surface area contributed by atoms with Crippen LogP contribution in [0.1, 0.15) is 29.9 Å². The maximum Gasteiger partial charge on any atom is 0.211 e. The molecule has 160 valence electrons. The van der Waals surface area contributed by atoms with Crippen molar-refractivity contribution in [2.75, 3.05) is 18.0 Å². The average molecular weight is 461 g/mol. The predicted molar refractivity (Wildman–Crippen MR) is 129 cm³/mol. The second-order valence-electron chi connectivity index (χ2n) is 8.74. The van der Waals surface area contributed by atoms with Crippen molar-refractivity contribution < 1.29 is 0 Å². The summed E-state index contributed by atoms with van der Waals surface area (Å²) in [7, 11) is 2.38. The van der Waals surface area contributed by atoms with Crippen LogP contribution in [0.15, 0.2) is 65.2 Å². The lowest BCUT2D eigenvalue weighted by Crippen LogP contribution is -2.43. The first kappa shape index (κ1) is 20.1. The summed E-state index contributed by atoms with van der Waals surface area (Å²) in [4.78, 5) is 22.5. The van der Waals surface area contributed by atoms with Crippen molar-refractivity contribution in [1.82, 2.24) is 24.3 Å². The molecule has 5 heterocycles. The van der Waals surface area contributed by atoms with E-state index in [0.29, 0.717) is 16.3 Å². The van der Waals surface area contributed by atoms with Gasteiger partial charge in [-0.2, -0.15) is 0 Å². The second-order valence-corrected chi connectivity index (χ2v) is 10.2. The van der Waals surface area contributed by atoms with Gasteiger partial charge in [-0.25, -0.2) is 9.97 Å². The number of anilines is 1. The number of aromatic nitrogens is 5. The Morgan fingerprint density at radius 2 is 1.91 bits per heavy atom. The van der Waals surface area contributed by atoms with E-state index in [1.165, 1.54) is 11.3 Å². The van der Waals surface area contributed by atoms with Crippen LogP contribution in [-0.4, -0.2) is 45.3 Å². The molecule has 1 fully saturated rings. The van der Waals surface area contributed by atoms with Crippen molar-refractivity contribution in [3.8, 4) is 0 Å². The van der Waals surface area contributed by atoms with Crippen LogP contribution >= 0.6 is 23.4 Å². The van der Waals surface area contributed by atoms with Crippen LogP contribution in [0.4, 0.5) is 5.95 Å². The van der Waals surface area contributed by atoms with Crippen molar-refractivity contribution in [3.05, 3.63) is 71.7 Å². The molecule has 1 atom stereocenters. The molecule has 2 aliphatic rings. The van der Waals surface area contributed by atoms with Gasteiger partial charge >= 0.3 is 0 Å². The molecule has 9 heteroatoms. The van der Waals surface area contributed by atoms with Gasteiger partial charge in [-0.1, -0.05) is 29.4 Å². The molecule has 4 aromatic rings. The quantitative estimate of drug-likeness (QED) is 0.433. The van der Waals surface area contributed by atoms with Crippen LogP contribution in [-0.2, 0) is 6.42 Å². The third kappa shape index (κ3) is 3.19. The summed E-state index contributed by atoms with van der Waals surface area (Å²) in [5.74, 6) is 1.51. The lowest BCUT2D eigenvalue weighted by molar-refractivity contribution is 0.222. The zero-order chi connectivity index (χ0) is 21.7. The van der Waals surface area contributed by atoms with Gasteiger partial charge < -0.3 is 4.90 Å². The Kier molecular flexibility index (Phi) is 4.88. The number of halogens is 1. The SMILES string of the molecule is BC1c2cccnc2CC12CCN(c1ncc(Sc3ccncc3Cl)c3nccn13)CC2. The van der Waals surface area contributed by atoms with E-state index in [0.717, 1.165) is 53.7 Å². The molecule has 1 aliphatic heterocycles. The Balaban J connectivity index is 1.25. The smallest absolute Gasteiger partial charge is 0.211 e. The molecule has 0 saturated carbocycles. The summed E-state index contributed by atoms with van der Waals surface area (Å²) in [5, 5.41) is 0.633. The normalized spacial score (nSPS) is 19.5. The standard InChI is InChI=1S/C23H22BClN6S/c24-20-15-2-1-6-27-17(15)12-23(20)4-9-30(10-5-23)22-29-14-19(21-28-8-11-31(21)22)32-18-3-7-26-13-16(18)25/h1-3,6-8,11,13-14,20H,4-5,9-10,12,24H2. The molecular formula is C23H22BClN6S. The Hall–Kier alpha value is -2.58. The lowest BCUT2D eigenvalue weighted by atomic mass is 9.61. The van der Waals surface area contributed by atoms with Crippen molar-refractivity contribution in [2.45, 2.75) is 34.9 Å². The van der Waals surface area contributed by atoms with Gasteiger partial charge in [0.05, 0.1) is 9.92 Å². The third-order valence-corrected chi connectivity index (χ3v) is 8.70. The minimum absolute atomic E-state index is 0.315. The summed E-state index contributed by atoms with van der Waals surface area (Å²) in [6.07, 6.45) is 14.5. The number of hydrogen-bond acceptors (Lipinski definition) is 6. The lowest BCUT2D eigenvalue weighted by Gasteiger charge is -2.42. The summed E-state index contributed by atoms with van der Waals surface area (Å²) in [6.45, 7) is 1.97. The van der Waals surface area contributed by atoms with Gasteiger partial charge in [0, 0.05) is 60.9 Å². The highest BCUT2D eigenvalue weighted by Gasteiger charge is 2.46. The number of hydrogen-bond donors (Lipinski definition) is 0. The van der Waals surface area contributed by atoms with Crippen LogP contribution in [0, 0.1) is 5.41 Å². The maximum atomic E-state index is 6.31. The Morgan fingerprint density at radius 1 is 1.03 bits per heavy atom. The van der Waals surface area contributed by atoms with Crippen LogP contribution in [0.5, 0.6) is 0 Å². The highest BCUT2D eigenvalue weighted by molar-refractivity contribution is 7.99. The number of rotatable bonds is 3. The van der Waals surface area contributed by atoms with Crippen molar-refractivity contribution in [2.24, 2.45) is 5.41 Å². The van der Waals surface area contributed by atoms with E-state index in [4.69, 9.17) is 16.6 Å². The van der Waals surface area contributed by atoms with E-state index in [1.807, 2.05) is 30.9 Å². The Labute approximate surface area is 196 Å². The van der Waals surface area contributed by atoms with E-state index in [2.05, 4.69) is 44.2 Å². The fourth-order valence-electron chi connectivity index (χ4n) is 5.32. The molecule has 0 radical (unpaired) electrons. The number of fused-ring (bicyclic) bond motifs is 2. The van der Waals surface area contributed by atoms with Crippen molar-refractivity contribution >= 4 is 42.8 Å². The van der Waals surface area contributed by atoms with E-state index >= 15 is 0 Å². The molecule has 4 aromatic heterocycles. The number of pyridine rings is 2. The molecule has 1 saturated heterocycles. The summed E-state index contributed by atoms with van der Waals surface area (Å²) in [5.41, 5.74) is 3.95. The first-order chi connectivity index (χ1) is 15.6. The molecule has 32 heavy (non-hydrogen) atoms. The first-order valence-electron chi connectivity index (χ1n) is 10.9. The molecule has 1 aliphatic carbocycles. The Bertz CT molecular complexity index is 1300. The van der Waals surface area contributed by atoms with Gasteiger partial charge in [0.25, 0.3) is 0 Å². The van der Waals surface area contributed by atoms with Gasteiger partial charge in [0.2, 0.25) is 5.95 Å². The second kappa shape index (κ2) is 7.78. The highest BCUT2D eigenvalue weighted by Crippen LogP contribution is 2.51. The summed E-state index contributed by atoms with van der Waals surface area (Å²) in [6, 6.07) is 6.25. The molecular weight excluding hydrogens is 439 g/mol. The van der Waals surface area contributed by atoms with Crippen molar-refractivity contribution in [3.63, 3.8) is 0 Å². The first-order valence-corrected chi connectivity index (χ1v) is 12.1. The molecule has 6 rings (SSSR count). The molecule has 0 aromatic carbocycles. The van der Waals surface area contributed by atoms with Gasteiger partial charge in [-0.15, -0.1) is 0 Å². The van der Waals surface area contributed by atoms with Crippen molar-refractivity contribution in [1.29, 1.82) is 0 Å². The highest BCUT2D eigenvalue weighted by atomic mass is 35.5. The van der Waals surface area contributed by atoms with Gasteiger partial charge in [0.15, 0.2) is 5.65 Å². The summed E-state index contributed by atoms with van der Waals surface area (Å²) >= 11 is 7.88. The van der Waals surface area contributed by atoms with Gasteiger partial charge in [-0.05, 0) is 48.2 Å². The zero-order valence-electron chi connectivity index (χ0n) is 17.8. The molecule has 1 unspecified atom stereocenters. The maximum absolute atomic E-state index is 6.31. The molecule has 6 nitrogen and oxygen atoms in total. The minimum Gasteiger partial charge on any atom is -0.342 e. The van der Waals surface area contributed by atoms with E-state index in [-0.39, 0.29) is 0 Å². The molecule has 0 N–H and O–H groups in total. The topological polar surface area (TPSA) is 59.2 Å². The number of imidazole rings is 1. The average Bonchev–Trinajstić information content (AvgIpc) is 3.41. The Morgan fingerprint density at radius 3 is 2.72 bits per heavy atom. The van der Waals surface area contributed by atoms with Crippen LogP contribution in [0.25, 0.3) is 5.65 Å². The number of nitrogens with zero attached hydrogens (tertiary/aromatic N) is 6. The number of piperidine rings is 1. The predicted octanol–water partition coefficient (Wildman–Crippen LogP) is 3.84.